The van der Waals surface area contributed by atoms with Gasteiger partial charge in [-0.15, -0.1) is 0 Å². The molecule has 3 aromatic rings. The number of hydrogen-bond acceptors (Lipinski definition) is 2. The number of nitrogens with one attached hydrogen (secondary N) is 1. The van der Waals surface area contributed by atoms with Crippen LogP contribution in [0.2, 0.25) is 0 Å². The maximum atomic E-state index is 6.79. The monoisotopic (exact) mass is 359 g/mol. The van der Waals surface area contributed by atoms with Gasteiger partial charge in [-0.05, 0) is 44.5 Å². The highest BCUT2D eigenvalue weighted by molar-refractivity contribution is 5.39. The Morgan fingerprint density at radius 1 is 0.815 bits per heavy atom. The Hall–Kier alpha value is -2.42. The van der Waals surface area contributed by atoms with Crippen molar-refractivity contribution in [3.63, 3.8) is 0 Å². The highest BCUT2D eigenvalue weighted by Gasteiger charge is 2.40. The first-order valence-corrected chi connectivity index (χ1v) is 9.55. The van der Waals surface area contributed by atoms with E-state index in [9.17, 15) is 0 Å². The molecule has 0 saturated heterocycles. The van der Waals surface area contributed by atoms with Crippen LogP contribution < -0.4 is 5.32 Å². The molecule has 0 fully saturated rings. The van der Waals surface area contributed by atoms with E-state index in [1.165, 1.54) is 16.7 Å². The predicted molar refractivity (Wildman–Crippen MR) is 113 cm³/mol. The van der Waals surface area contributed by atoms with Crippen molar-refractivity contribution >= 4 is 0 Å². The van der Waals surface area contributed by atoms with Crippen LogP contribution in [0, 0.1) is 13.8 Å². The Balaban J connectivity index is 2.08. The highest BCUT2D eigenvalue weighted by Crippen LogP contribution is 2.38. The van der Waals surface area contributed by atoms with Gasteiger partial charge >= 0.3 is 0 Å². The first-order chi connectivity index (χ1) is 13.1. The SMILES string of the molecule is CNC(C)C(OCc1cc(C)cc(C)c1)(c1ccccc1)c1ccccc1. The second-order valence-electron chi connectivity index (χ2n) is 7.26. The average Bonchev–Trinajstić information content (AvgIpc) is 2.69. The van der Waals surface area contributed by atoms with E-state index in [2.05, 4.69) is 92.8 Å². The van der Waals surface area contributed by atoms with Crippen LogP contribution >= 0.6 is 0 Å². The Labute approximate surface area is 163 Å². The molecule has 0 aliphatic carbocycles. The van der Waals surface area contributed by atoms with Gasteiger partial charge in [0.1, 0.15) is 5.60 Å². The number of hydrogen-bond donors (Lipinski definition) is 1. The van der Waals surface area contributed by atoms with Crippen LogP contribution in [0.15, 0.2) is 78.9 Å². The zero-order valence-electron chi connectivity index (χ0n) is 16.7. The fourth-order valence-corrected chi connectivity index (χ4v) is 3.88. The van der Waals surface area contributed by atoms with Crippen LogP contribution in [0.3, 0.4) is 0 Å². The van der Waals surface area contributed by atoms with Crippen LogP contribution in [0.25, 0.3) is 0 Å². The molecule has 2 heteroatoms. The maximum absolute atomic E-state index is 6.79. The number of ether oxygens (including phenoxy) is 1. The molecule has 0 aliphatic rings. The molecule has 0 aromatic heterocycles. The highest BCUT2D eigenvalue weighted by atomic mass is 16.5. The van der Waals surface area contributed by atoms with E-state index in [4.69, 9.17) is 4.74 Å². The summed E-state index contributed by atoms with van der Waals surface area (Å²) in [6.07, 6.45) is 0. The summed E-state index contributed by atoms with van der Waals surface area (Å²) in [6.45, 7) is 7.00. The van der Waals surface area contributed by atoms with Gasteiger partial charge in [-0.2, -0.15) is 0 Å². The minimum Gasteiger partial charge on any atom is -0.359 e. The lowest BCUT2D eigenvalue weighted by Crippen LogP contribution is -2.48. The minimum atomic E-state index is -0.574. The quantitative estimate of drug-likeness (QED) is 0.612. The number of aryl methyl sites for hydroxylation is 2. The summed E-state index contributed by atoms with van der Waals surface area (Å²) in [7, 11) is 1.99. The number of likely N-dealkylation sites (N-methyl/N-ethyl adjacent to an activating group) is 1. The molecule has 0 bridgehead atoms. The summed E-state index contributed by atoms with van der Waals surface area (Å²) in [5, 5.41) is 3.44. The fraction of sp³-hybridized carbons (Fsp3) is 0.280. The van der Waals surface area contributed by atoms with Crippen molar-refractivity contribution in [3.8, 4) is 0 Å². The Bertz CT molecular complexity index is 798. The van der Waals surface area contributed by atoms with Gasteiger partial charge in [0.15, 0.2) is 0 Å². The zero-order chi connectivity index (χ0) is 19.3. The summed E-state index contributed by atoms with van der Waals surface area (Å²) < 4.78 is 6.79. The topological polar surface area (TPSA) is 21.3 Å². The molecule has 0 radical (unpaired) electrons. The van der Waals surface area contributed by atoms with Gasteiger partial charge in [0.05, 0.1) is 6.61 Å². The molecule has 27 heavy (non-hydrogen) atoms. The van der Waals surface area contributed by atoms with Crippen LogP contribution in [0.4, 0.5) is 0 Å². The molecule has 2 nitrogen and oxygen atoms in total. The molecule has 3 aromatic carbocycles. The third kappa shape index (κ3) is 4.13. The van der Waals surface area contributed by atoms with Crippen LogP contribution in [0.5, 0.6) is 0 Å². The van der Waals surface area contributed by atoms with Gasteiger partial charge < -0.3 is 10.1 Å². The molecule has 140 valence electrons. The minimum absolute atomic E-state index is 0.0909. The summed E-state index contributed by atoms with van der Waals surface area (Å²) in [6, 6.07) is 27.7. The Morgan fingerprint density at radius 3 is 1.74 bits per heavy atom. The molecule has 1 N–H and O–H groups in total. The van der Waals surface area contributed by atoms with Crippen molar-refractivity contribution in [2.45, 2.75) is 39.0 Å². The van der Waals surface area contributed by atoms with Crippen molar-refractivity contribution in [2.75, 3.05) is 7.05 Å². The zero-order valence-corrected chi connectivity index (χ0v) is 16.7. The lowest BCUT2D eigenvalue weighted by Gasteiger charge is -2.40. The second kappa shape index (κ2) is 8.51. The second-order valence-corrected chi connectivity index (χ2v) is 7.26. The number of rotatable bonds is 7. The largest absolute Gasteiger partial charge is 0.359 e. The van der Waals surface area contributed by atoms with E-state index in [-0.39, 0.29) is 6.04 Å². The van der Waals surface area contributed by atoms with E-state index in [1.807, 2.05) is 19.2 Å². The van der Waals surface area contributed by atoms with E-state index >= 15 is 0 Å². The van der Waals surface area contributed by atoms with Crippen molar-refractivity contribution in [2.24, 2.45) is 0 Å². The van der Waals surface area contributed by atoms with Crippen molar-refractivity contribution in [1.82, 2.24) is 5.32 Å². The molecule has 0 heterocycles. The molecule has 0 saturated carbocycles. The van der Waals surface area contributed by atoms with Crippen LogP contribution in [0.1, 0.15) is 34.7 Å². The standard InChI is InChI=1S/C25H29NO/c1-19-15-20(2)17-22(16-19)18-27-25(21(3)26-4,23-11-7-5-8-12-23)24-13-9-6-10-14-24/h5-17,21,26H,18H2,1-4H3. The van der Waals surface area contributed by atoms with Crippen molar-refractivity contribution in [1.29, 1.82) is 0 Å². The van der Waals surface area contributed by atoms with Crippen molar-refractivity contribution in [3.05, 3.63) is 107 Å². The van der Waals surface area contributed by atoms with Gasteiger partial charge in [0, 0.05) is 6.04 Å². The number of benzene rings is 3. The maximum Gasteiger partial charge on any atom is 0.133 e. The van der Waals surface area contributed by atoms with E-state index in [0.717, 1.165) is 11.1 Å². The first-order valence-electron chi connectivity index (χ1n) is 9.55. The van der Waals surface area contributed by atoms with Gasteiger partial charge in [-0.1, -0.05) is 90.0 Å². The lowest BCUT2D eigenvalue weighted by atomic mass is 9.80. The summed E-state index contributed by atoms with van der Waals surface area (Å²) in [5.41, 5.74) is 5.46. The van der Waals surface area contributed by atoms with Gasteiger partial charge in [0.2, 0.25) is 0 Å². The normalized spacial score (nSPS) is 12.7. The molecule has 3 rings (SSSR count). The summed E-state index contributed by atoms with van der Waals surface area (Å²) in [4.78, 5) is 0. The molecule has 1 atom stereocenters. The molecular formula is C25H29NO. The van der Waals surface area contributed by atoms with Crippen LogP contribution in [-0.4, -0.2) is 13.1 Å². The summed E-state index contributed by atoms with van der Waals surface area (Å²) >= 11 is 0. The van der Waals surface area contributed by atoms with E-state index < -0.39 is 5.60 Å². The molecular weight excluding hydrogens is 330 g/mol. The molecule has 0 amide bonds. The summed E-state index contributed by atoms with van der Waals surface area (Å²) in [5.74, 6) is 0. The van der Waals surface area contributed by atoms with Crippen LogP contribution in [-0.2, 0) is 16.9 Å². The fourth-order valence-electron chi connectivity index (χ4n) is 3.88. The Morgan fingerprint density at radius 2 is 1.30 bits per heavy atom. The molecule has 0 spiro atoms. The molecule has 0 aliphatic heterocycles. The Kier molecular flexibility index (Phi) is 6.10. The van der Waals surface area contributed by atoms with Gasteiger partial charge in [-0.25, -0.2) is 0 Å². The lowest BCUT2D eigenvalue weighted by molar-refractivity contribution is -0.0518. The third-order valence-electron chi connectivity index (χ3n) is 5.20. The third-order valence-corrected chi connectivity index (χ3v) is 5.20. The van der Waals surface area contributed by atoms with Crippen molar-refractivity contribution < 1.29 is 4.74 Å². The smallest absolute Gasteiger partial charge is 0.133 e. The van der Waals surface area contributed by atoms with E-state index in [1.54, 1.807) is 0 Å². The average molecular weight is 360 g/mol. The predicted octanol–water partition coefficient (Wildman–Crippen LogP) is 5.37. The molecule has 1 unspecified atom stereocenters. The van der Waals surface area contributed by atoms with E-state index in [0.29, 0.717) is 6.61 Å². The van der Waals surface area contributed by atoms with Gasteiger partial charge in [-0.3, -0.25) is 0 Å². The van der Waals surface area contributed by atoms with Gasteiger partial charge in [0.25, 0.3) is 0 Å². The first kappa shape index (κ1) is 19.3.